The molecule has 2 fully saturated rings. The molecular weight excluding hydrogens is 457 g/mol. The van der Waals surface area contributed by atoms with Crippen LogP contribution in [0.5, 0.6) is 5.75 Å². The van der Waals surface area contributed by atoms with E-state index < -0.39 is 5.82 Å². The first-order valence-electron chi connectivity index (χ1n) is 11.7. The zero-order valence-corrected chi connectivity index (χ0v) is 20.0. The van der Waals surface area contributed by atoms with Crippen molar-refractivity contribution in [3.8, 4) is 5.75 Å². The van der Waals surface area contributed by atoms with Crippen molar-refractivity contribution in [3.63, 3.8) is 0 Å². The summed E-state index contributed by atoms with van der Waals surface area (Å²) < 4.78 is 26.1. The lowest BCUT2D eigenvalue weighted by Crippen LogP contribution is -2.28. The molecule has 0 aliphatic carbocycles. The molecule has 1 atom stereocenters. The summed E-state index contributed by atoms with van der Waals surface area (Å²) in [6.07, 6.45) is 4.79. The molecule has 0 saturated carbocycles. The Kier molecular flexibility index (Phi) is 6.72. The summed E-state index contributed by atoms with van der Waals surface area (Å²) in [4.78, 5) is 11.2. The highest BCUT2D eigenvalue weighted by Crippen LogP contribution is 2.38. The Hall–Kier alpha value is -2.68. The number of benzene rings is 2. The van der Waals surface area contributed by atoms with Gasteiger partial charge in [0.15, 0.2) is 0 Å². The molecule has 3 heterocycles. The molecule has 180 valence electrons. The fourth-order valence-electron chi connectivity index (χ4n) is 4.88. The first-order chi connectivity index (χ1) is 16.5. The number of hydrogen-bond donors (Lipinski definition) is 2. The minimum atomic E-state index is -0.410. The van der Waals surface area contributed by atoms with Gasteiger partial charge in [0.05, 0.1) is 30.1 Å². The maximum absolute atomic E-state index is 14.3. The lowest BCUT2D eigenvalue weighted by Gasteiger charge is -2.22. The van der Waals surface area contributed by atoms with Crippen LogP contribution in [-0.2, 0) is 4.74 Å². The van der Waals surface area contributed by atoms with Gasteiger partial charge in [-0.25, -0.2) is 14.4 Å². The minimum absolute atomic E-state index is 0.253. The first-order valence-corrected chi connectivity index (χ1v) is 12.0. The standard InChI is InChI=1S/C25H29ClFN5O2/c1-28-22-13-20-18(24(30-16-29-20)31-21-11-17(26)3-4-19(21)27)12-23(22)34-9-2-7-32-8-5-25(14-32)6-10-33-15-25/h3-4,11-13,16,28H,2,5-10,14-15H2,1H3,(H,29,30,31). The Labute approximate surface area is 203 Å². The van der Waals surface area contributed by atoms with Gasteiger partial charge in [-0.05, 0) is 56.1 Å². The van der Waals surface area contributed by atoms with E-state index in [1.165, 1.54) is 37.4 Å². The summed E-state index contributed by atoms with van der Waals surface area (Å²) in [6, 6.07) is 8.17. The van der Waals surface area contributed by atoms with Gasteiger partial charge in [0.25, 0.3) is 0 Å². The van der Waals surface area contributed by atoms with Gasteiger partial charge in [-0.3, -0.25) is 0 Å². The lowest BCUT2D eigenvalue weighted by molar-refractivity contribution is 0.151. The summed E-state index contributed by atoms with van der Waals surface area (Å²) >= 11 is 6.04. The number of halogens is 2. The number of anilines is 3. The van der Waals surface area contributed by atoms with E-state index in [1.807, 2.05) is 19.2 Å². The predicted octanol–water partition coefficient (Wildman–Crippen LogP) is 5.09. The van der Waals surface area contributed by atoms with Crippen LogP contribution in [0.15, 0.2) is 36.7 Å². The second-order valence-corrected chi connectivity index (χ2v) is 9.55. The minimum Gasteiger partial charge on any atom is -0.491 e. The largest absolute Gasteiger partial charge is 0.491 e. The third-order valence-electron chi connectivity index (χ3n) is 6.77. The van der Waals surface area contributed by atoms with Crippen molar-refractivity contribution in [1.29, 1.82) is 0 Å². The monoisotopic (exact) mass is 485 g/mol. The third kappa shape index (κ3) is 4.89. The second-order valence-electron chi connectivity index (χ2n) is 9.12. The van der Waals surface area contributed by atoms with Crippen LogP contribution < -0.4 is 15.4 Å². The van der Waals surface area contributed by atoms with Crippen molar-refractivity contribution in [2.75, 3.05) is 57.1 Å². The predicted molar refractivity (Wildman–Crippen MR) is 133 cm³/mol. The van der Waals surface area contributed by atoms with Gasteiger partial charge in [-0.15, -0.1) is 0 Å². The Bertz CT molecular complexity index is 1170. The van der Waals surface area contributed by atoms with E-state index in [0.29, 0.717) is 28.6 Å². The molecule has 7 nitrogen and oxygen atoms in total. The van der Waals surface area contributed by atoms with Crippen LogP contribution in [0.25, 0.3) is 10.9 Å². The molecule has 2 aromatic carbocycles. The molecule has 1 spiro atoms. The molecule has 0 amide bonds. The molecule has 34 heavy (non-hydrogen) atoms. The van der Waals surface area contributed by atoms with E-state index >= 15 is 0 Å². The lowest BCUT2D eigenvalue weighted by atomic mass is 9.87. The molecular formula is C25H29ClFN5O2. The average molecular weight is 486 g/mol. The Morgan fingerprint density at radius 1 is 1.21 bits per heavy atom. The molecule has 2 aliphatic heterocycles. The summed E-state index contributed by atoms with van der Waals surface area (Å²) in [6.45, 7) is 5.66. The molecule has 3 aromatic rings. The maximum Gasteiger partial charge on any atom is 0.146 e. The zero-order valence-electron chi connectivity index (χ0n) is 19.2. The highest BCUT2D eigenvalue weighted by Gasteiger charge is 2.40. The number of rotatable bonds is 8. The van der Waals surface area contributed by atoms with Gasteiger partial charge >= 0.3 is 0 Å². The molecule has 0 radical (unpaired) electrons. The number of ether oxygens (including phenoxy) is 2. The fraction of sp³-hybridized carbons (Fsp3) is 0.440. The number of fused-ring (bicyclic) bond motifs is 1. The molecule has 2 N–H and O–H groups in total. The number of aromatic nitrogens is 2. The van der Waals surface area contributed by atoms with Crippen molar-refractivity contribution in [1.82, 2.24) is 14.9 Å². The van der Waals surface area contributed by atoms with Crippen LogP contribution in [0.1, 0.15) is 19.3 Å². The van der Waals surface area contributed by atoms with Crippen LogP contribution in [0.3, 0.4) is 0 Å². The van der Waals surface area contributed by atoms with Crippen molar-refractivity contribution in [2.24, 2.45) is 5.41 Å². The average Bonchev–Trinajstić information content (AvgIpc) is 3.48. The normalized spacial score (nSPS) is 20.3. The van der Waals surface area contributed by atoms with Gasteiger partial charge in [-0.1, -0.05) is 11.6 Å². The van der Waals surface area contributed by atoms with Crippen LogP contribution in [0, 0.1) is 11.2 Å². The Balaban J connectivity index is 1.28. The van der Waals surface area contributed by atoms with Gasteiger partial charge in [-0.2, -0.15) is 0 Å². The highest BCUT2D eigenvalue weighted by atomic mass is 35.5. The van der Waals surface area contributed by atoms with E-state index in [1.54, 1.807) is 0 Å². The molecule has 1 unspecified atom stereocenters. The van der Waals surface area contributed by atoms with E-state index in [4.69, 9.17) is 21.1 Å². The highest BCUT2D eigenvalue weighted by molar-refractivity contribution is 6.30. The summed E-state index contributed by atoms with van der Waals surface area (Å²) in [5, 5.41) is 7.40. The van der Waals surface area contributed by atoms with Crippen LogP contribution >= 0.6 is 11.6 Å². The number of nitrogens with one attached hydrogen (secondary N) is 2. The molecule has 5 rings (SSSR count). The summed E-state index contributed by atoms with van der Waals surface area (Å²) in [5.74, 6) is 0.786. The Morgan fingerprint density at radius 2 is 2.12 bits per heavy atom. The topological polar surface area (TPSA) is 71.5 Å². The van der Waals surface area contributed by atoms with Gasteiger partial charge in [0, 0.05) is 42.6 Å². The summed E-state index contributed by atoms with van der Waals surface area (Å²) in [5.41, 5.74) is 2.19. The Morgan fingerprint density at radius 3 is 2.94 bits per heavy atom. The smallest absolute Gasteiger partial charge is 0.146 e. The number of nitrogens with zero attached hydrogens (tertiary/aromatic N) is 3. The first kappa shape index (κ1) is 23.1. The SMILES string of the molecule is CNc1cc2ncnc(Nc3cc(Cl)ccc3F)c2cc1OCCCN1CCC2(CCOC2)C1. The molecule has 9 heteroatoms. The number of likely N-dealkylation sites (tertiary alicyclic amines) is 1. The van der Waals surface area contributed by atoms with Crippen LogP contribution in [0.4, 0.5) is 21.6 Å². The van der Waals surface area contributed by atoms with Crippen molar-refractivity contribution in [3.05, 3.63) is 47.5 Å². The molecule has 2 aliphatic rings. The third-order valence-corrected chi connectivity index (χ3v) is 7.00. The van der Waals surface area contributed by atoms with Gasteiger partial charge in [0.2, 0.25) is 0 Å². The van der Waals surface area contributed by atoms with E-state index in [0.717, 1.165) is 55.9 Å². The van der Waals surface area contributed by atoms with Gasteiger partial charge < -0.3 is 25.0 Å². The second kappa shape index (κ2) is 9.90. The van der Waals surface area contributed by atoms with E-state index in [9.17, 15) is 4.39 Å². The molecule has 0 bridgehead atoms. The van der Waals surface area contributed by atoms with Gasteiger partial charge in [0.1, 0.15) is 23.7 Å². The van der Waals surface area contributed by atoms with Crippen molar-refractivity contribution >= 4 is 39.7 Å². The van der Waals surface area contributed by atoms with Crippen molar-refractivity contribution < 1.29 is 13.9 Å². The quantitative estimate of drug-likeness (QED) is 0.430. The van der Waals surface area contributed by atoms with Crippen LogP contribution in [-0.4, -0.2) is 61.4 Å². The summed E-state index contributed by atoms with van der Waals surface area (Å²) in [7, 11) is 1.85. The van der Waals surface area contributed by atoms with Crippen molar-refractivity contribution in [2.45, 2.75) is 19.3 Å². The molecule has 1 aromatic heterocycles. The zero-order chi connectivity index (χ0) is 23.5. The number of hydrogen-bond acceptors (Lipinski definition) is 7. The maximum atomic E-state index is 14.3. The fourth-order valence-corrected chi connectivity index (χ4v) is 5.05. The van der Waals surface area contributed by atoms with E-state index in [-0.39, 0.29) is 5.69 Å². The molecule has 2 saturated heterocycles. The van der Waals surface area contributed by atoms with Crippen LogP contribution in [0.2, 0.25) is 5.02 Å². The van der Waals surface area contributed by atoms with E-state index in [2.05, 4.69) is 25.5 Å².